The second-order valence-corrected chi connectivity index (χ2v) is 5.10. The molecule has 2 nitrogen and oxygen atoms in total. The topological polar surface area (TPSA) is 23.5 Å². The molecule has 0 aliphatic carbocycles. The van der Waals surface area contributed by atoms with E-state index in [1.165, 1.54) is 6.42 Å². The first-order chi connectivity index (χ1) is 5.96. The second-order valence-electron chi connectivity index (χ2n) is 5.10. The molecule has 78 valence electrons. The molecule has 1 aliphatic heterocycles. The van der Waals surface area contributed by atoms with Crippen molar-refractivity contribution in [2.24, 2.45) is 5.41 Å². The molecular weight excluding hydrogens is 162 g/mol. The van der Waals surface area contributed by atoms with Crippen LogP contribution in [0.25, 0.3) is 0 Å². The Morgan fingerprint density at radius 3 is 2.46 bits per heavy atom. The van der Waals surface area contributed by atoms with Crippen molar-refractivity contribution >= 4 is 0 Å². The van der Waals surface area contributed by atoms with Gasteiger partial charge in [0, 0.05) is 12.6 Å². The Bertz CT molecular complexity index is 167. The summed E-state index contributed by atoms with van der Waals surface area (Å²) in [7, 11) is 0. The van der Waals surface area contributed by atoms with E-state index < -0.39 is 0 Å². The van der Waals surface area contributed by atoms with Crippen molar-refractivity contribution in [2.45, 2.75) is 52.7 Å². The highest BCUT2D eigenvalue weighted by molar-refractivity contribution is 4.87. The van der Waals surface area contributed by atoms with Crippen LogP contribution < -0.4 is 0 Å². The predicted octanol–water partition coefficient (Wildman–Crippen LogP) is 1.88. The largest absolute Gasteiger partial charge is 0.392 e. The fourth-order valence-electron chi connectivity index (χ4n) is 2.09. The number of likely N-dealkylation sites (tertiary alicyclic amines) is 1. The van der Waals surface area contributed by atoms with Gasteiger partial charge in [0.2, 0.25) is 0 Å². The zero-order valence-electron chi connectivity index (χ0n) is 9.38. The number of hydrogen-bond acceptors (Lipinski definition) is 2. The molecule has 13 heavy (non-hydrogen) atoms. The van der Waals surface area contributed by atoms with E-state index in [1.807, 2.05) is 6.92 Å². The predicted molar refractivity (Wildman–Crippen MR) is 55.7 cm³/mol. The van der Waals surface area contributed by atoms with Crippen molar-refractivity contribution in [3.05, 3.63) is 0 Å². The van der Waals surface area contributed by atoms with Crippen molar-refractivity contribution in [2.75, 3.05) is 13.1 Å². The number of nitrogens with zero attached hydrogens (tertiary/aromatic N) is 1. The summed E-state index contributed by atoms with van der Waals surface area (Å²) in [5.74, 6) is 0. The van der Waals surface area contributed by atoms with Gasteiger partial charge in [0.25, 0.3) is 0 Å². The summed E-state index contributed by atoms with van der Waals surface area (Å²) in [6.07, 6.45) is 1.96. The molecular formula is C11H23NO. The average Bonchev–Trinajstić information content (AvgIpc) is 2.43. The molecule has 1 N–H and O–H groups in total. The van der Waals surface area contributed by atoms with Crippen molar-refractivity contribution in [1.29, 1.82) is 0 Å². The molecule has 2 atom stereocenters. The first kappa shape index (κ1) is 11.0. The van der Waals surface area contributed by atoms with Gasteiger partial charge >= 0.3 is 0 Å². The summed E-state index contributed by atoms with van der Waals surface area (Å²) in [4.78, 5) is 2.41. The molecule has 0 radical (unpaired) electrons. The molecule has 2 unspecified atom stereocenters. The van der Waals surface area contributed by atoms with E-state index in [2.05, 4.69) is 25.7 Å². The molecule has 0 bridgehead atoms. The third-order valence-electron chi connectivity index (χ3n) is 3.26. The van der Waals surface area contributed by atoms with Crippen molar-refractivity contribution in [3.63, 3.8) is 0 Å². The van der Waals surface area contributed by atoms with Gasteiger partial charge in [-0.15, -0.1) is 0 Å². The molecule has 0 aromatic heterocycles. The van der Waals surface area contributed by atoms with Crippen LogP contribution in [-0.4, -0.2) is 35.2 Å². The standard InChI is InChI=1S/C11H23NO/c1-5-10(13)9(2)12-7-6-11(3,4)8-12/h9-10,13H,5-8H2,1-4H3. The van der Waals surface area contributed by atoms with Crippen LogP contribution in [0.4, 0.5) is 0 Å². The monoisotopic (exact) mass is 185 g/mol. The summed E-state index contributed by atoms with van der Waals surface area (Å²) in [6.45, 7) is 11.1. The van der Waals surface area contributed by atoms with E-state index in [-0.39, 0.29) is 6.10 Å². The van der Waals surface area contributed by atoms with Gasteiger partial charge in [-0.1, -0.05) is 20.8 Å². The zero-order chi connectivity index (χ0) is 10.1. The van der Waals surface area contributed by atoms with Crippen LogP contribution >= 0.6 is 0 Å². The summed E-state index contributed by atoms with van der Waals surface area (Å²) in [5.41, 5.74) is 0.446. The van der Waals surface area contributed by atoms with Gasteiger partial charge in [-0.2, -0.15) is 0 Å². The lowest BCUT2D eigenvalue weighted by atomic mass is 9.93. The molecule has 0 aromatic rings. The molecule has 1 heterocycles. The minimum Gasteiger partial charge on any atom is -0.392 e. The summed E-state index contributed by atoms with van der Waals surface area (Å²) in [6, 6.07) is 0.326. The lowest BCUT2D eigenvalue weighted by Crippen LogP contribution is -2.40. The molecule has 1 saturated heterocycles. The normalized spacial score (nSPS) is 27.5. The van der Waals surface area contributed by atoms with Crippen LogP contribution in [0.2, 0.25) is 0 Å². The second kappa shape index (κ2) is 3.97. The Balaban J connectivity index is 2.46. The van der Waals surface area contributed by atoms with Gasteiger partial charge in [0.15, 0.2) is 0 Å². The van der Waals surface area contributed by atoms with Crippen LogP contribution in [0, 0.1) is 5.41 Å². The number of hydrogen-bond donors (Lipinski definition) is 1. The SMILES string of the molecule is CCC(O)C(C)N1CCC(C)(C)C1. The number of rotatable bonds is 3. The fourth-order valence-corrected chi connectivity index (χ4v) is 2.09. The quantitative estimate of drug-likeness (QED) is 0.725. The van der Waals surface area contributed by atoms with E-state index in [0.717, 1.165) is 19.5 Å². The molecule has 1 rings (SSSR count). The Morgan fingerprint density at radius 1 is 1.46 bits per heavy atom. The highest BCUT2D eigenvalue weighted by Crippen LogP contribution is 2.30. The maximum absolute atomic E-state index is 9.72. The minimum atomic E-state index is -0.158. The Labute approximate surface area is 81.9 Å². The molecule has 1 fully saturated rings. The lowest BCUT2D eigenvalue weighted by molar-refractivity contribution is 0.0642. The summed E-state index contributed by atoms with van der Waals surface area (Å²) < 4.78 is 0. The maximum atomic E-state index is 9.72. The lowest BCUT2D eigenvalue weighted by Gasteiger charge is -2.29. The molecule has 0 aromatic carbocycles. The van der Waals surface area contributed by atoms with Gasteiger partial charge in [0.05, 0.1) is 6.10 Å². The highest BCUT2D eigenvalue weighted by atomic mass is 16.3. The van der Waals surface area contributed by atoms with Gasteiger partial charge in [-0.05, 0) is 31.7 Å². The maximum Gasteiger partial charge on any atom is 0.0690 e. The number of aliphatic hydroxyl groups excluding tert-OH is 1. The van der Waals surface area contributed by atoms with Crippen LogP contribution in [0.15, 0.2) is 0 Å². The van der Waals surface area contributed by atoms with Crippen LogP contribution in [0.1, 0.15) is 40.5 Å². The fraction of sp³-hybridized carbons (Fsp3) is 1.00. The van der Waals surface area contributed by atoms with E-state index in [0.29, 0.717) is 11.5 Å². The minimum absolute atomic E-state index is 0.158. The Hall–Kier alpha value is -0.0800. The molecule has 0 amide bonds. The van der Waals surface area contributed by atoms with Gasteiger partial charge in [-0.3, -0.25) is 4.90 Å². The van der Waals surface area contributed by atoms with E-state index in [1.54, 1.807) is 0 Å². The van der Waals surface area contributed by atoms with Gasteiger partial charge in [-0.25, -0.2) is 0 Å². The van der Waals surface area contributed by atoms with Crippen LogP contribution in [0.5, 0.6) is 0 Å². The van der Waals surface area contributed by atoms with Crippen molar-refractivity contribution in [3.8, 4) is 0 Å². The zero-order valence-corrected chi connectivity index (χ0v) is 9.38. The summed E-state index contributed by atoms with van der Waals surface area (Å²) >= 11 is 0. The van der Waals surface area contributed by atoms with Crippen molar-refractivity contribution < 1.29 is 5.11 Å². The van der Waals surface area contributed by atoms with Gasteiger partial charge in [0.1, 0.15) is 0 Å². The first-order valence-electron chi connectivity index (χ1n) is 5.38. The van der Waals surface area contributed by atoms with E-state index >= 15 is 0 Å². The Kier molecular flexibility index (Phi) is 3.36. The molecule has 2 heteroatoms. The smallest absolute Gasteiger partial charge is 0.0690 e. The Morgan fingerprint density at radius 2 is 2.08 bits per heavy atom. The highest BCUT2D eigenvalue weighted by Gasteiger charge is 2.33. The third kappa shape index (κ3) is 2.68. The van der Waals surface area contributed by atoms with Gasteiger partial charge < -0.3 is 5.11 Å². The molecule has 0 spiro atoms. The summed E-state index contributed by atoms with van der Waals surface area (Å²) in [5, 5.41) is 9.72. The van der Waals surface area contributed by atoms with Crippen LogP contribution in [-0.2, 0) is 0 Å². The molecule has 0 saturated carbocycles. The molecule has 1 aliphatic rings. The van der Waals surface area contributed by atoms with E-state index in [4.69, 9.17) is 0 Å². The van der Waals surface area contributed by atoms with E-state index in [9.17, 15) is 5.11 Å². The first-order valence-corrected chi connectivity index (χ1v) is 5.38. The van der Waals surface area contributed by atoms with Crippen molar-refractivity contribution in [1.82, 2.24) is 4.90 Å². The third-order valence-corrected chi connectivity index (χ3v) is 3.26. The average molecular weight is 185 g/mol. The number of aliphatic hydroxyl groups is 1. The van der Waals surface area contributed by atoms with Crippen LogP contribution in [0.3, 0.4) is 0 Å².